The molecule has 6 nitrogen and oxygen atoms in total. The van der Waals surface area contributed by atoms with Gasteiger partial charge in [0.25, 0.3) is 11.1 Å². The number of thioether (sulfide) groups is 1. The van der Waals surface area contributed by atoms with Gasteiger partial charge in [0.05, 0.1) is 17.3 Å². The van der Waals surface area contributed by atoms with Crippen LogP contribution in [-0.2, 0) is 14.3 Å². The number of ether oxygens (including phenoxy) is 1. The third-order valence-corrected chi connectivity index (χ3v) is 3.79. The normalized spacial score (nSPS) is 18.4. The molecule has 0 spiro atoms. The molecular weight excluding hydrogens is 294 g/mol. The van der Waals surface area contributed by atoms with E-state index in [1.54, 1.807) is 19.1 Å². The molecule has 1 saturated heterocycles. The minimum absolute atomic E-state index is 0.228. The maximum atomic E-state index is 12.1. The van der Waals surface area contributed by atoms with Crippen molar-refractivity contribution >= 4 is 35.0 Å². The highest BCUT2D eigenvalue weighted by Crippen LogP contribution is 2.32. The van der Waals surface area contributed by atoms with E-state index in [0.29, 0.717) is 12.2 Å². The molecule has 1 fully saturated rings. The molecule has 0 N–H and O–H groups in total. The van der Waals surface area contributed by atoms with Gasteiger partial charge in [-0.1, -0.05) is 6.92 Å². The average molecular weight is 309 g/mol. The molecule has 7 heteroatoms. The molecule has 1 atom stereocenters. The van der Waals surface area contributed by atoms with Crippen LogP contribution in [0.2, 0.25) is 0 Å². The summed E-state index contributed by atoms with van der Waals surface area (Å²) >= 11 is 0.777. The summed E-state index contributed by atoms with van der Waals surface area (Å²) in [6.45, 7) is 3.26. The zero-order valence-electron chi connectivity index (χ0n) is 11.7. The van der Waals surface area contributed by atoms with E-state index in [2.05, 4.69) is 0 Å². The summed E-state index contributed by atoms with van der Waals surface area (Å²) in [6, 6.07) is 3.35. The Morgan fingerprint density at radius 3 is 2.90 bits per heavy atom. The number of esters is 1. The number of carbonyl (C=O) groups is 3. The van der Waals surface area contributed by atoms with Crippen LogP contribution in [-0.4, -0.2) is 34.7 Å². The molecule has 1 aromatic rings. The number of amides is 2. The van der Waals surface area contributed by atoms with E-state index in [1.807, 2.05) is 6.92 Å². The van der Waals surface area contributed by atoms with Crippen molar-refractivity contribution < 1.29 is 23.5 Å². The summed E-state index contributed by atoms with van der Waals surface area (Å²) in [5, 5.41) is -0.487. The van der Waals surface area contributed by atoms with Crippen molar-refractivity contribution in [1.29, 1.82) is 0 Å². The van der Waals surface area contributed by atoms with Crippen LogP contribution >= 0.6 is 11.8 Å². The first-order chi connectivity index (χ1) is 10.0. The third-order valence-electron chi connectivity index (χ3n) is 2.88. The van der Waals surface area contributed by atoms with E-state index in [0.717, 1.165) is 16.7 Å². The Morgan fingerprint density at radius 2 is 2.29 bits per heavy atom. The first-order valence-electron chi connectivity index (χ1n) is 6.49. The second-order valence-corrected chi connectivity index (χ2v) is 5.49. The van der Waals surface area contributed by atoms with Crippen molar-refractivity contribution in [2.45, 2.75) is 26.4 Å². The lowest BCUT2D eigenvalue weighted by Crippen LogP contribution is -2.35. The van der Waals surface area contributed by atoms with Crippen molar-refractivity contribution in [1.82, 2.24) is 4.90 Å². The van der Waals surface area contributed by atoms with Gasteiger partial charge in [-0.15, -0.1) is 0 Å². The fraction of sp³-hybridized carbons (Fsp3) is 0.357. The molecule has 0 aromatic carbocycles. The molecule has 2 heterocycles. The Hall–Kier alpha value is -2.02. The maximum absolute atomic E-state index is 12.1. The Labute approximate surface area is 126 Å². The minimum Gasteiger partial charge on any atom is -0.465 e. The zero-order chi connectivity index (χ0) is 15.4. The molecule has 0 unspecified atom stereocenters. The number of carbonyl (C=O) groups excluding carboxylic acids is 3. The van der Waals surface area contributed by atoms with E-state index >= 15 is 0 Å². The summed E-state index contributed by atoms with van der Waals surface area (Å²) in [6.07, 6.45) is 3.38. The molecule has 2 amide bonds. The number of rotatable bonds is 5. The van der Waals surface area contributed by atoms with Gasteiger partial charge in [0, 0.05) is 6.08 Å². The lowest BCUT2D eigenvalue weighted by atomic mass is 10.3. The largest absolute Gasteiger partial charge is 0.465 e. The number of hydrogen-bond donors (Lipinski definition) is 0. The predicted octanol–water partition coefficient (Wildman–Crippen LogP) is 2.66. The van der Waals surface area contributed by atoms with E-state index in [1.165, 1.54) is 12.3 Å². The van der Waals surface area contributed by atoms with E-state index in [4.69, 9.17) is 9.15 Å². The Morgan fingerprint density at radius 1 is 1.52 bits per heavy atom. The molecule has 1 aliphatic heterocycles. The molecule has 112 valence electrons. The molecule has 21 heavy (non-hydrogen) atoms. The smallest absolute Gasteiger partial charge is 0.326 e. The van der Waals surface area contributed by atoms with Crippen LogP contribution in [0.25, 0.3) is 6.08 Å². The van der Waals surface area contributed by atoms with Gasteiger partial charge < -0.3 is 9.15 Å². The van der Waals surface area contributed by atoms with Crippen molar-refractivity contribution in [2.75, 3.05) is 6.54 Å². The van der Waals surface area contributed by atoms with Crippen LogP contribution in [0.4, 0.5) is 4.79 Å². The number of imide groups is 1. The molecule has 0 bridgehead atoms. The van der Waals surface area contributed by atoms with Gasteiger partial charge in [0.1, 0.15) is 12.3 Å². The zero-order valence-corrected chi connectivity index (χ0v) is 12.5. The maximum Gasteiger partial charge on any atom is 0.326 e. The summed E-state index contributed by atoms with van der Waals surface area (Å²) in [4.78, 5) is 36.7. The topological polar surface area (TPSA) is 76.8 Å². The SMILES string of the molecule is CC[C@H](C)OC(=O)CN1C(=O)S/C(=C/c2ccco2)C1=O. The predicted molar refractivity (Wildman–Crippen MR) is 77.2 cm³/mol. The number of furan rings is 1. The Balaban J connectivity index is 2.03. The van der Waals surface area contributed by atoms with Gasteiger partial charge in [-0.25, -0.2) is 0 Å². The highest BCUT2D eigenvalue weighted by atomic mass is 32.2. The van der Waals surface area contributed by atoms with Crippen LogP contribution in [0.3, 0.4) is 0 Å². The standard InChI is InChI=1S/C14H15NO5S/c1-3-9(2)20-12(16)8-15-13(17)11(21-14(15)18)7-10-5-4-6-19-10/h4-7,9H,3,8H2,1-2H3/b11-7+/t9-/m0/s1. The van der Waals surface area contributed by atoms with Gasteiger partial charge in [-0.05, 0) is 37.2 Å². The summed E-state index contributed by atoms with van der Waals surface area (Å²) in [7, 11) is 0. The first-order valence-corrected chi connectivity index (χ1v) is 7.31. The van der Waals surface area contributed by atoms with Crippen molar-refractivity contribution in [3.63, 3.8) is 0 Å². The fourth-order valence-electron chi connectivity index (χ4n) is 1.61. The molecule has 1 aromatic heterocycles. The van der Waals surface area contributed by atoms with Crippen LogP contribution in [0, 0.1) is 0 Å². The molecule has 0 aliphatic carbocycles. The second kappa shape index (κ2) is 6.62. The van der Waals surface area contributed by atoms with E-state index in [9.17, 15) is 14.4 Å². The van der Waals surface area contributed by atoms with Gasteiger partial charge in [0.15, 0.2) is 0 Å². The highest BCUT2D eigenvalue weighted by Gasteiger charge is 2.37. The Kier molecular flexibility index (Phi) is 4.85. The first kappa shape index (κ1) is 15.4. The quantitative estimate of drug-likeness (QED) is 0.615. The van der Waals surface area contributed by atoms with Crippen molar-refractivity contribution in [3.8, 4) is 0 Å². The minimum atomic E-state index is -0.592. The van der Waals surface area contributed by atoms with Crippen molar-refractivity contribution in [2.24, 2.45) is 0 Å². The van der Waals surface area contributed by atoms with Crippen LogP contribution in [0.1, 0.15) is 26.0 Å². The lowest BCUT2D eigenvalue weighted by molar-refractivity contribution is -0.150. The molecule has 0 radical (unpaired) electrons. The van der Waals surface area contributed by atoms with E-state index in [-0.39, 0.29) is 17.6 Å². The summed E-state index contributed by atoms with van der Waals surface area (Å²) in [5.74, 6) is -0.629. The second-order valence-electron chi connectivity index (χ2n) is 4.49. The van der Waals surface area contributed by atoms with Gasteiger partial charge >= 0.3 is 5.97 Å². The van der Waals surface area contributed by atoms with Gasteiger partial charge in [-0.2, -0.15) is 0 Å². The summed E-state index contributed by atoms with van der Waals surface area (Å²) < 4.78 is 10.2. The van der Waals surface area contributed by atoms with Crippen LogP contribution in [0.5, 0.6) is 0 Å². The molecule has 2 rings (SSSR count). The number of hydrogen-bond acceptors (Lipinski definition) is 6. The molecular formula is C14H15NO5S. The average Bonchev–Trinajstić information content (AvgIpc) is 3.03. The van der Waals surface area contributed by atoms with Gasteiger partial charge in [0.2, 0.25) is 0 Å². The molecule has 1 aliphatic rings. The van der Waals surface area contributed by atoms with Crippen molar-refractivity contribution in [3.05, 3.63) is 29.1 Å². The monoisotopic (exact) mass is 309 g/mol. The van der Waals surface area contributed by atoms with Crippen LogP contribution in [0.15, 0.2) is 27.7 Å². The fourth-order valence-corrected chi connectivity index (χ4v) is 2.43. The lowest BCUT2D eigenvalue weighted by Gasteiger charge is -2.14. The highest BCUT2D eigenvalue weighted by molar-refractivity contribution is 8.18. The Bertz CT molecular complexity index is 578. The molecule has 0 saturated carbocycles. The number of nitrogens with zero attached hydrogens (tertiary/aromatic N) is 1. The summed E-state index contributed by atoms with van der Waals surface area (Å²) in [5.41, 5.74) is 0. The van der Waals surface area contributed by atoms with Crippen LogP contribution < -0.4 is 0 Å². The third kappa shape index (κ3) is 3.75. The van der Waals surface area contributed by atoms with E-state index < -0.39 is 17.1 Å². The van der Waals surface area contributed by atoms with Gasteiger partial charge in [-0.3, -0.25) is 19.3 Å².